The van der Waals surface area contributed by atoms with Gasteiger partial charge in [-0.25, -0.2) is 0 Å². The van der Waals surface area contributed by atoms with Crippen LogP contribution >= 0.6 is 0 Å². The van der Waals surface area contributed by atoms with Gasteiger partial charge < -0.3 is 14.8 Å². The predicted octanol–water partition coefficient (Wildman–Crippen LogP) is -4.40. The Kier molecular flexibility index (Phi) is 3.94. The molecule has 0 aromatic carbocycles. The number of aliphatic imine (C=N–C) groups is 1. The average molecular weight is 146 g/mol. The van der Waals surface area contributed by atoms with Crippen molar-refractivity contribution >= 4 is 12.2 Å². The van der Waals surface area contributed by atoms with Gasteiger partial charge in [-0.05, 0) is 0 Å². The van der Waals surface area contributed by atoms with Crippen molar-refractivity contribution in [3.63, 3.8) is 0 Å². The van der Waals surface area contributed by atoms with E-state index in [2.05, 4.69) is 4.99 Å². The second-order valence-electron chi connectivity index (χ2n) is 2.03. The van der Waals surface area contributed by atoms with Gasteiger partial charge >= 0.3 is 18.9 Å². The maximum absolute atomic E-state index is 10.3. The van der Waals surface area contributed by atoms with E-state index in [1.165, 1.54) is 17.3 Å². The van der Waals surface area contributed by atoms with E-state index in [4.69, 9.17) is 0 Å². The van der Waals surface area contributed by atoms with Crippen molar-refractivity contribution in [3.05, 3.63) is 12.4 Å². The molecule has 1 aliphatic heterocycles. The molecule has 0 aromatic rings. The molecule has 0 radical (unpaired) electrons. The summed E-state index contributed by atoms with van der Waals surface area (Å²) in [5, 5.41) is 10.3. The molecule has 11 heavy (non-hydrogen) atoms. The maximum atomic E-state index is 10.3. The number of hydrogen-bond donors (Lipinski definition) is 0. The summed E-state index contributed by atoms with van der Waals surface area (Å²) in [5.74, 6) is -1.13. The van der Waals surface area contributed by atoms with Gasteiger partial charge in [0.15, 0.2) is 0 Å². The molecule has 0 spiro atoms. The fourth-order valence-corrected chi connectivity index (χ4v) is 0.700. The molecule has 5 heteroatoms. The summed E-state index contributed by atoms with van der Waals surface area (Å²) < 4.78 is 0. The maximum Gasteiger partial charge on any atom is 1.00 e. The summed E-state index contributed by atoms with van der Waals surface area (Å²) in [5.41, 5.74) is 0. The van der Waals surface area contributed by atoms with Crippen molar-refractivity contribution in [3.8, 4) is 0 Å². The van der Waals surface area contributed by atoms with E-state index in [0.29, 0.717) is 0 Å². The van der Waals surface area contributed by atoms with E-state index < -0.39 is 12.0 Å². The van der Waals surface area contributed by atoms with Gasteiger partial charge in [-0.15, -0.1) is 0 Å². The van der Waals surface area contributed by atoms with E-state index >= 15 is 0 Å². The zero-order chi connectivity index (χ0) is 7.56. The monoisotopic (exact) mass is 146 g/mol. The van der Waals surface area contributed by atoms with Crippen molar-refractivity contribution in [2.45, 2.75) is 6.04 Å². The van der Waals surface area contributed by atoms with Crippen molar-refractivity contribution < 1.29 is 28.8 Å². The molecule has 54 valence electrons. The molecule has 0 aromatic heterocycles. The van der Waals surface area contributed by atoms with Crippen LogP contribution < -0.4 is 24.0 Å². The van der Waals surface area contributed by atoms with Crippen LogP contribution in [-0.2, 0) is 4.79 Å². The van der Waals surface area contributed by atoms with Crippen LogP contribution in [0.3, 0.4) is 0 Å². The predicted molar refractivity (Wildman–Crippen MR) is 34.2 cm³/mol. The smallest absolute Gasteiger partial charge is 0.547 e. The number of carbonyl (C=O) groups is 1. The van der Waals surface area contributed by atoms with Gasteiger partial charge in [-0.1, -0.05) is 0 Å². The summed E-state index contributed by atoms with van der Waals surface area (Å²) in [6, 6.07) is -0.718. The molecule has 0 saturated carbocycles. The Bertz CT molecular complexity index is 203. The van der Waals surface area contributed by atoms with Gasteiger partial charge in [0.1, 0.15) is 6.04 Å². The molecule has 1 unspecified atom stereocenters. The van der Waals surface area contributed by atoms with Crippen LogP contribution in [0.5, 0.6) is 0 Å². The molecule has 0 fully saturated rings. The Labute approximate surface area is 76.8 Å². The third kappa shape index (κ3) is 2.41. The van der Waals surface area contributed by atoms with Crippen molar-refractivity contribution in [1.29, 1.82) is 0 Å². The molecule has 0 amide bonds. The van der Waals surface area contributed by atoms with Crippen LogP contribution in [0.15, 0.2) is 17.4 Å². The molecule has 0 N–H and O–H groups in total. The number of aliphatic carboxylic acids is 1. The molecule has 0 saturated heterocycles. The normalized spacial score (nSPS) is 21.2. The van der Waals surface area contributed by atoms with Crippen molar-refractivity contribution in [2.24, 2.45) is 4.99 Å². The quantitative estimate of drug-likeness (QED) is 0.351. The Morgan fingerprint density at radius 3 is 2.73 bits per heavy atom. The van der Waals surface area contributed by atoms with E-state index in [0.717, 1.165) is 0 Å². The SMILES string of the molecule is CN1C=CN=CC1C(=O)[O-].[Li+]. The zero-order valence-electron chi connectivity index (χ0n) is 6.52. The Morgan fingerprint density at radius 1 is 1.73 bits per heavy atom. The van der Waals surface area contributed by atoms with Crippen LogP contribution in [0.4, 0.5) is 0 Å². The molecule has 1 heterocycles. The Balaban J connectivity index is 0.000001000. The van der Waals surface area contributed by atoms with Crippen molar-refractivity contribution in [2.75, 3.05) is 7.05 Å². The van der Waals surface area contributed by atoms with Gasteiger partial charge in [-0.3, -0.25) is 4.99 Å². The number of carboxylic acids is 1. The zero-order valence-corrected chi connectivity index (χ0v) is 6.52. The molecule has 0 bridgehead atoms. The van der Waals surface area contributed by atoms with E-state index in [9.17, 15) is 9.90 Å². The van der Waals surface area contributed by atoms with Gasteiger partial charge in [0.25, 0.3) is 0 Å². The summed E-state index contributed by atoms with van der Waals surface area (Å²) in [6.45, 7) is 0. The van der Waals surface area contributed by atoms with Crippen LogP contribution in [-0.4, -0.2) is 30.2 Å². The first-order valence-corrected chi connectivity index (χ1v) is 2.84. The Morgan fingerprint density at radius 2 is 2.36 bits per heavy atom. The number of nitrogens with zero attached hydrogens (tertiary/aromatic N) is 2. The summed E-state index contributed by atoms with van der Waals surface area (Å²) in [4.78, 5) is 15.5. The molecule has 1 rings (SSSR count). The topological polar surface area (TPSA) is 55.7 Å². The molecule has 4 nitrogen and oxygen atoms in total. The molecular weight excluding hydrogens is 139 g/mol. The van der Waals surface area contributed by atoms with Gasteiger partial charge in [0, 0.05) is 25.7 Å². The van der Waals surface area contributed by atoms with Crippen LogP contribution in [0.2, 0.25) is 0 Å². The van der Waals surface area contributed by atoms with E-state index in [1.54, 1.807) is 13.2 Å². The summed E-state index contributed by atoms with van der Waals surface area (Å²) in [7, 11) is 1.65. The number of hydrogen-bond acceptors (Lipinski definition) is 4. The first-order chi connectivity index (χ1) is 4.72. The minimum atomic E-state index is -1.13. The fourth-order valence-electron chi connectivity index (χ4n) is 0.700. The first-order valence-electron chi connectivity index (χ1n) is 2.84. The van der Waals surface area contributed by atoms with Crippen molar-refractivity contribution in [1.82, 2.24) is 4.90 Å². The molecule has 1 aliphatic rings. The molecule has 0 aliphatic carbocycles. The molecular formula is C6H7LiN2O2. The standard InChI is InChI=1S/C6H8N2O2.Li/c1-8-3-2-7-4-5(8)6(9)10;/h2-5H,1H3,(H,9,10);/q;+1/p-1. The van der Waals surface area contributed by atoms with Gasteiger partial charge in [-0.2, -0.15) is 0 Å². The number of carboxylic acid groups (broad SMARTS) is 1. The first kappa shape index (κ1) is 10.3. The second-order valence-corrected chi connectivity index (χ2v) is 2.03. The van der Waals surface area contributed by atoms with E-state index in [-0.39, 0.29) is 18.9 Å². The minimum Gasteiger partial charge on any atom is -0.547 e. The third-order valence-corrected chi connectivity index (χ3v) is 1.30. The van der Waals surface area contributed by atoms with Crippen LogP contribution in [0.25, 0.3) is 0 Å². The third-order valence-electron chi connectivity index (χ3n) is 1.30. The van der Waals surface area contributed by atoms with Crippen LogP contribution in [0.1, 0.15) is 0 Å². The summed E-state index contributed by atoms with van der Waals surface area (Å²) in [6.07, 6.45) is 4.44. The number of likely N-dealkylation sites (N-methyl/N-ethyl adjacent to an activating group) is 1. The largest absolute Gasteiger partial charge is 1.00 e. The summed E-state index contributed by atoms with van der Waals surface area (Å²) >= 11 is 0. The van der Waals surface area contributed by atoms with Gasteiger partial charge in [0.2, 0.25) is 0 Å². The number of carbonyl (C=O) groups excluding carboxylic acids is 1. The second kappa shape index (κ2) is 4.22. The number of rotatable bonds is 1. The minimum absolute atomic E-state index is 0. The fraction of sp³-hybridized carbons (Fsp3) is 0.333. The average Bonchev–Trinajstić information content (AvgIpc) is 1.88. The van der Waals surface area contributed by atoms with E-state index in [1.807, 2.05) is 0 Å². The molecule has 1 atom stereocenters. The van der Waals surface area contributed by atoms with Crippen LogP contribution in [0, 0.1) is 0 Å². The van der Waals surface area contributed by atoms with Gasteiger partial charge in [0.05, 0.1) is 5.97 Å². The Hall–Kier alpha value is -0.723.